The summed E-state index contributed by atoms with van der Waals surface area (Å²) < 4.78 is 5.87. The molecule has 0 aliphatic heterocycles. The average Bonchev–Trinajstić information content (AvgIpc) is 3.06. The minimum Gasteiger partial charge on any atom is -0.490 e. The molecule has 0 fully saturated rings. The topological polar surface area (TPSA) is 41.6 Å². The molecule has 1 aliphatic carbocycles. The Morgan fingerprint density at radius 1 is 1.30 bits per heavy atom. The van der Waals surface area contributed by atoms with E-state index in [4.69, 9.17) is 4.74 Å². The highest BCUT2D eigenvalue weighted by atomic mass is 16.5. The van der Waals surface area contributed by atoms with Gasteiger partial charge in [0, 0.05) is 13.0 Å². The highest BCUT2D eigenvalue weighted by Crippen LogP contribution is 2.25. The maximum Gasteiger partial charge on any atom is 0.225 e. The normalized spacial score (nSPS) is 16.7. The number of carbonyl (C=O) groups excluding carboxylic acids is 1. The van der Waals surface area contributed by atoms with Crippen LogP contribution in [0, 0.1) is 5.92 Å². The summed E-state index contributed by atoms with van der Waals surface area (Å²) in [6.45, 7) is 7.85. The largest absolute Gasteiger partial charge is 0.490 e. The first-order valence-electron chi connectivity index (χ1n) is 8.63. The second-order valence-electron chi connectivity index (χ2n) is 5.89. The maximum atomic E-state index is 12.2. The lowest BCUT2D eigenvalue weighted by molar-refractivity contribution is -0.116. The minimum atomic E-state index is 0.0568. The van der Waals surface area contributed by atoms with E-state index in [0.29, 0.717) is 18.9 Å². The first-order chi connectivity index (χ1) is 11.2. The summed E-state index contributed by atoms with van der Waals surface area (Å²) in [6, 6.07) is 7.66. The lowest BCUT2D eigenvalue weighted by Gasteiger charge is -2.19. The zero-order valence-electron chi connectivity index (χ0n) is 14.3. The molecule has 1 aromatic rings. The number of ether oxygens (including phenoxy) is 1. The van der Waals surface area contributed by atoms with E-state index in [1.807, 2.05) is 24.3 Å². The fourth-order valence-electron chi connectivity index (χ4n) is 2.82. The number of amides is 1. The van der Waals surface area contributed by atoms with Gasteiger partial charge in [0.1, 0.15) is 12.4 Å². The number of para-hydroxylation sites is 2. The zero-order valence-corrected chi connectivity index (χ0v) is 14.3. The van der Waals surface area contributed by atoms with Gasteiger partial charge in [0.15, 0.2) is 0 Å². The van der Waals surface area contributed by atoms with Gasteiger partial charge in [-0.05, 0) is 44.0 Å². The molecule has 23 heavy (non-hydrogen) atoms. The number of rotatable bonds is 9. The molecular formula is C19H28N2O2. The summed E-state index contributed by atoms with van der Waals surface area (Å²) in [5.41, 5.74) is 0.763. The van der Waals surface area contributed by atoms with E-state index in [1.54, 1.807) is 0 Å². The Hall–Kier alpha value is -1.81. The Morgan fingerprint density at radius 3 is 2.78 bits per heavy atom. The summed E-state index contributed by atoms with van der Waals surface area (Å²) in [5.74, 6) is 1.18. The Balaban J connectivity index is 1.86. The molecule has 1 aliphatic rings. The van der Waals surface area contributed by atoms with Crippen molar-refractivity contribution in [3.63, 3.8) is 0 Å². The second kappa shape index (κ2) is 9.36. The number of allylic oxidation sites excluding steroid dienone is 2. The predicted octanol–water partition coefficient (Wildman–Crippen LogP) is 3.70. The number of hydrogen-bond acceptors (Lipinski definition) is 3. The van der Waals surface area contributed by atoms with Crippen LogP contribution in [0.15, 0.2) is 36.4 Å². The molecule has 2 rings (SSSR count). The molecule has 126 valence electrons. The Labute approximate surface area is 139 Å². The second-order valence-corrected chi connectivity index (χ2v) is 5.89. The minimum absolute atomic E-state index is 0.0568. The molecule has 0 saturated carbocycles. The van der Waals surface area contributed by atoms with Gasteiger partial charge in [0.25, 0.3) is 0 Å². The van der Waals surface area contributed by atoms with Gasteiger partial charge in [-0.2, -0.15) is 0 Å². The van der Waals surface area contributed by atoms with Crippen molar-refractivity contribution in [1.82, 2.24) is 4.90 Å². The van der Waals surface area contributed by atoms with Gasteiger partial charge >= 0.3 is 0 Å². The van der Waals surface area contributed by atoms with Crippen molar-refractivity contribution < 1.29 is 9.53 Å². The van der Waals surface area contributed by atoms with Gasteiger partial charge in [-0.25, -0.2) is 0 Å². The molecule has 1 aromatic carbocycles. The maximum absolute atomic E-state index is 12.2. The molecule has 0 aromatic heterocycles. The van der Waals surface area contributed by atoms with Crippen molar-refractivity contribution in [2.24, 2.45) is 5.92 Å². The smallest absolute Gasteiger partial charge is 0.225 e. The van der Waals surface area contributed by atoms with Crippen LogP contribution in [0.1, 0.15) is 33.1 Å². The Morgan fingerprint density at radius 2 is 2.09 bits per heavy atom. The van der Waals surface area contributed by atoms with Gasteiger partial charge in [0.2, 0.25) is 5.91 Å². The van der Waals surface area contributed by atoms with Gasteiger partial charge in [-0.3, -0.25) is 4.79 Å². The molecule has 1 N–H and O–H groups in total. The summed E-state index contributed by atoms with van der Waals surface area (Å²) in [6.07, 6.45) is 7.01. The number of nitrogens with one attached hydrogen (secondary N) is 1. The molecule has 1 atom stereocenters. The molecule has 0 bridgehead atoms. The highest BCUT2D eigenvalue weighted by molar-refractivity contribution is 5.92. The first-order valence-corrected chi connectivity index (χ1v) is 8.63. The fourth-order valence-corrected chi connectivity index (χ4v) is 2.82. The molecule has 0 unspecified atom stereocenters. The van der Waals surface area contributed by atoms with E-state index >= 15 is 0 Å². The third-order valence-corrected chi connectivity index (χ3v) is 4.28. The third kappa shape index (κ3) is 5.71. The lowest BCUT2D eigenvalue weighted by Crippen LogP contribution is -2.28. The number of likely N-dealkylation sites (N-methyl/N-ethyl adjacent to an activating group) is 1. The van der Waals surface area contributed by atoms with Crippen molar-refractivity contribution in [3.05, 3.63) is 36.4 Å². The van der Waals surface area contributed by atoms with Crippen LogP contribution in [0.2, 0.25) is 0 Å². The van der Waals surface area contributed by atoms with Crippen LogP contribution in [0.4, 0.5) is 5.69 Å². The summed E-state index contributed by atoms with van der Waals surface area (Å²) >= 11 is 0. The molecule has 4 nitrogen and oxygen atoms in total. The molecule has 0 saturated heterocycles. The van der Waals surface area contributed by atoms with Gasteiger partial charge in [-0.15, -0.1) is 0 Å². The monoisotopic (exact) mass is 316 g/mol. The zero-order chi connectivity index (χ0) is 16.5. The van der Waals surface area contributed by atoms with E-state index in [1.165, 1.54) is 0 Å². The number of carbonyl (C=O) groups is 1. The number of nitrogens with zero attached hydrogens (tertiary/aromatic N) is 1. The SMILES string of the molecule is CCN(CC)CCOc1ccccc1NC(=O)C[C@H]1C=CCC1. The Kier molecular flexibility index (Phi) is 7.14. The molecule has 0 heterocycles. The molecule has 0 spiro atoms. The number of benzene rings is 1. The van der Waals surface area contributed by atoms with Crippen LogP contribution in [0.25, 0.3) is 0 Å². The van der Waals surface area contributed by atoms with Gasteiger partial charge in [0.05, 0.1) is 5.69 Å². The van der Waals surface area contributed by atoms with Gasteiger partial charge < -0.3 is 15.0 Å². The van der Waals surface area contributed by atoms with Crippen molar-refractivity contribution in [2.75, 3.05) is 31.6 Å². The van der Waals surface area contributed by atoms with E-state index < -0.39 is 0 Å². The number of hydrogen-bond donors (Lipinski definition) is 1. The molecule has 0 radical (unpaired) electrons. The van der Waals surface area contributed by atoms with E-state index in [0.717, 1.165) is 43.9 Å². The lowest BCUT2D eigenvalue weighted by atomic mass is 10.1. The predicted molar refractivity (Wildman–Crippen MR) is 94.8 cm³/mol. The highest BCUT2D eigenvalue weighted by Gasteiger charge is 2.15. The van der Waals surface area contributed by atoms with Crippen LogP contribution in [-0.2, 0) is 4.79 Å². The van der Waals surface area contributed by atoms with Crippen LogP contribution in [0.3, 0.4) is 0 Å². The summed E-state index contributed by atoms with van der Waals surface area (Å²) in [5, 5.41) is 2.99. The van der Waals surface area contributed by atoms with Crippen molar-refractivity contribution in [2.45, 2.75) is 33.1 Å². The van der Waals surface area contributed by atoms with Crippen molar-refractivity contribution in [1.29, 1.82) is 0 Å². The standard InChI is InChI=1S/C19H28N2O2/c1-3-21(4-2)13-14-23-18-12-8-7-11-17(18)20-19(22)15-16-9-5-6-10-16/h5,7-9,11-12,16H,3-4,6,10,13-15H2,1-2H3,(H,20,22)/t16-/m0/s1. The van der Waals surface area contributed by atoms with Crippen LogP contribution < -0.4 is 10.1 Å². The molecular weight excluding hydrogens is 288 g/mol. The van der Waals surface area contributed by atoms with Crippen LogP contribution in [-0.4, -0.2) is 37.0 Å². The third-order valence-electron chi connectivity index (χ3n) is 4.28. The molecule has 1 amide bonds. The van der Waals surface area contributed by atoms with E-state index in [2.05, 4.69) is 36.2 Å². The number of anilines is 1. The van der Waals surface area contributed by atoms with Crippen molar-refractivity contribution in [3.8, 4) is 5.75 Å². The van der Waals surface area contributed by atoms with E-state index in [9.17, 15) is 4.79 Å². The van der Waals surface area contributed by atoms with E-state index in [-0.39, 0.29) is 5.91 Å². The molecule has 4 heteroatoms. The quantitative estimate of drug-likeness (QED) is 0.706. The fraction of sp³-hybridized carbons (Fsp3) is 0.526. The van der Waals surface area contributed by atoms with Gasteiger partial charge in [-0.1, -0.05) is 38.1 Å². The van der Waals surface area contributed by atoms with Crippen LogP contribution in [0.5, 0.6) is 5.75 Å². The first kappa shape index (κ1) is 17.5. The van der Waals surface area contributed by atoms with Crippen LogP contribution >= 0.6 is 0 Å². The summed E-state index contributed by atoms with van der Waals surface area (Å²) in [7, 11) is 0. The van der Waals surface area contributed by atoms with Crippen molar-refractivity contribution >= 4 is 11.6 Å². The average molecular weight is 316 g/mol. The summed E-state index contributed by atoms with van der Waals surface area (Å²) in [4.78, 5) is 14.5. The Bertz CT molecular complexity index is 524.